The Balaban J connectivity index is 1.88. The maximum Gasteiger partial charge on any atom is 0.306 e. The van der Waals surface area contributed by atoms with Crippen LogP contribution in [0.2, 0.25) is 0 Å². The van der Waals surface area contributed by atoms with E-state index in [1.807, 2.05) is 0 Å². The molecule has 0 radical (unpaired) electrons. The molecule has 0 bridgehead atoms. The average molecular weight is 211 g/mol. The minimum Gasteiger partial charge on any atom is -0.481 e. The van der Waals surface area contributed by atoms with Gasteiger partial charge in [0.15, 0.2) is 0 Å². The quantitative estimate of drug-likeness (QED) is 0.716. The van der Waals surface area contributed by atoms with Gasteiger partial charge in [-0.05, 0) is 37.5 Å². The second-order valence-corrected chi connectivity index (χ2v) is 4.90. The van der Waals surface area contributed by atoms with Gasteiger partial charge in [0.05, 0.1) is 5.92 Å². The van der Waals surface area contributed by atoms with Crippen molar-refractivity contribution in [2.75, 3.05) is 0 Å². The van der Waals surface area contributed by atoms with Crippen molar-refractivity contribution < 1.29 is 14.7 Å². The molecule has 0 heterocycles. The maximum absolute atomic E-state index is 10.9. The SMILES string of the molecule is CC(=O)NC1C[C@@H]2CC(C(=O)O)C[C@@H]2C1. The first-order chi connectivity index (χ1) is 7.06. The van der Waals surface area contributed by atoms with Crippen LogP contribution < -0.4 is 5.32 Å². The molecule has 0 aliphatic heterocycles. The van der Waals surface area contributed by atoms with Crippen LogP contribution in [0.25, 0.3) is 0 Å². The molecule has 2 unspecified atom stereocenters. The molecule has 4 atom stereocenters. The fourth-order valence-corrected chi connectivity index (χ4v) is 3.22. The molecule has 0 aromatic heterocycles. The maximum atomic E-state index is 10.9. The first kappa shape index (κ1) is 10.5. The number of nitrogens with one attached hydrogen (secondary N) is 1. The van der Waals surface area contributed by atoms with Crippen LogP contribution in [-0.4, -0.2) is 23.0 Å². The van der Waals surface area contributed by atoms with Gasteiger partial charge in [0, 0.05) is 13.0 Å². The van der Waals surface area contributed by atoms with E-state index >= 15 is 0 Å². The molecule has 0 aromatic carbocycles. The lowest BCUT2D eigenvalue weighted by molar-refractivity contribution is -0.141. The average Bonchev–Trinajstić information content (AvgIpc) is 2.58. The summed E-state index contributed by atoms with van der Waals surface area (Å²) in [6.07, 6.45) is 3.54. The van der Waals surface area contributed by atoms with Crippen molar-refractivity contribution >= 4 is 11.9 Å². The molecule has 2 rings (SSSR count). The minimum atomic E-state index is -0.652. The second-order valence-electron chi connectivity index (χ2n) is 4.90. The topological polar surface area (TPSA) is 66.4 Å². The van der Waals surface area contributed by atoms with Crippen LogP contribution >= 0.6 is 0 Å². The Morgan fingerprint density at radius 3 is 2.07 bits per heavy atom. The van der Waals surface area contributed by atoms with Crippen molar-refractivity contribution in [2.24, 2.45) is 17.8 Å². The monoisotopic (exact) mass is 211 g/mol. The van der Waals surface area contributed by atoms with E-state index in [0.717, 1.165) is 25.7 Å². The molecule has 0 saturated heterocycles. The van der Waals surface area contributed by atoms with Gasteiger partial charge in [-0.2, -0.15) is 0 Å². The number of amides is 1. The summed E-state index contributed by atoms with van der Waals surface area (Å²) in [5.74, 6) is 0.263. The van der Waals surface area contributed by atoms with Crippen molar-refractivity contribution in [3.63, 3.8) is 0 Å². The third kappa shape index (κ3) is 2.13. The summed E-state index contributed by atoms with van der Waals surface area (Å²) in [4.78, 5) is 21.7. The molecule has 4 nitrogen and oxygen atoms in total. The highest BCUT2D eigenvalue weighted by Gasteiger charge is 2.43. The van der Waals surface area contributed by atoms with E-state index in [9.17, 15) is 9.59 Å². The highest BCUT2D eigenvalue weighted by atomic mass is 16.4. The number of aliphatic carboxylic acids is 1. The first-order valence-corrected chi connectivity index (χ1v) is 5.56. The molecule has 2 aliphatic rings. The van der Waals surface area contributed by atoms with Crippen LogP contribution in [-0.2, 0) is 9.59 Å². The van der Waals surface area contributed by atoms with Crippen molar-refractivity contribution in [2.45, 2.75) is 38.6 Å². The van der Waals surface area contributed by atoms with Gasteiger partial charge in [0.25, 0.3) is 0 Å². The highest BCUT2D eigenvalue weighted by molar-refractivity contribution is 5.73. The molecule has 2 aliphatic carbocycles. The first-order valence-electron chi connectivity index (χ1n) is 5.56. The van der Waals surface area contributed by atoms with E-state index in [1.165, 1.54) is 6.92 Å². The van der Waals surface area contributed by atoms with E-state index < -0.39 is 5.97 Å². The smallest absolute Gasteiger partial charge is 0.306 e. The molecule has 2 N–H and O–H groups in total. The number of carboxylic acid groups (broad SMARTS) is 1. The standard InChI is InChI=1S/C11H17NO3/c1-6(13)12-10-4-7-2-9(11(14)15)3-8(7)5-10/h7-10H,2-5H2,1H3,(H,12,13)(H,14,15)/t7-,8+,9?,10?. The van der Waals surface area contributed by atoms with Crippen LogP contribution in [0.1, 0.15) is 32.6 Å². The number of hydrogen-bond donors (Lipinski definition) is 2. The van der Waals surface area contributed by atoms with Crippen LogP contribution in [0.3, 0.4) is 0 Å². The summed E-state index contributed by atoms with van der Waals surface area (Å²) in [6, 6.07) is 0.284. The van der Waals surface area contributed by atoms with E-state index in [-0.39, 0.29) is 17.9 Å². The molecular formula is C11H17NO3. The number of carbonyl (C=O) groups is 2. The van der Waals surface area contributed by atoms with Crippen LogP contribution in [0.15, 0.2) is 0 Å². The van der Waals surface area contributed by atoms with Crippen LogP contribution in [0.4, 0.5) is 0 Å². The zero-order valence-electron chi connectivity index (χ0n) is 8.90. The normalized spacial score (nSPS) is 38.7. The van der Waals surface area contributed by atoms with Gasteiger partial charge in [-0.25, -0.2) is 0 Å². The zero-order chi connectivity index (χ0) is 11.0. The minimum absolute atomic E-state index is 0.0229. The molecule has 2 fully saturated rings. The molecule has 1 amide bonds. The number of rotatable bonds is 2. The summed E-state index contributed by atoms with van der Waals surface area (Å²) in [5.41, 5.74) is 0. The van der Waals surface area contributed by atoms with Gasteiger partial charge in [0.2, 0.25) is 5.91 Å². The number of fused-ring (bicyclic) bond motifs is 1. The Morgan fingerprint density at radius 1 is 1.13 bits per heavy atom. The molecule has 2 saturated carbocycles. The van der Waals surface area contributed by atoms with Crippen molar-refractivity contribution in [3.05, 3.63) is 0 Å². The van der Waals surface area contributed by atoms with Gasteiger partial charge < -0.3 is 10.4 Å². The summed E-state index contributed by atoms with van der Waals surface area (Å²) in [5, 5.41) is 11.8. The van der Waals surface area contributed by atoms with Crippen LogP contribution in [0.5, 0.6) is 0 Å². The van der Waals surface area contributed by atoms with Gasteiger partial charge in [-0.3, -0.25) is 9.59 Å². The zero-order valence-corrected chi connectivity index (χ0v) is 8.90. The van der Waals surface area contributed by atoms with Gasteiger partial charge in [-0.1, -0.05) is 0 Å². The van der Waals surface area contributed by atoms with Gasteiger partial charge in [0.1, 0.15) is 0 Å². The predicted octanol–water partition coefficient (Wildman–Crippen LogP) is 1.01. The van der Waals surface area contributed by atoms with E-state index in [2.05, 4.69) is 5.32 Å². The molecule has 0 aromatic rings. The van der Waals surface area contributed by atoms with E-state index in [1.54, 1.807) is 0 Å². The van der Waals surface area contributed by atoms with Crippen LogP contribution in [0, 0.1) is 17.8 Å². The number of carboxylic acids is 1. The van der Waals surface area contributed by atoms with Crippen molar-refractivity contribution in [1.29, 1.82) is 0 Å². The Kier molecular flexibility index (Phi) is 2.67. The molecular weight excluding hydrogens is 194 g/mol. The molecule has 0 spiro atoms. The lowest BCUT2D eigenvalue weighted by atomic mass is 10.0. The Hall–Kier alpha value is -1.06. The number of carbonyl (C=O) groups excluding carboxylic acids is 1. The largest absolute Gasteiger partial charge is 0.481 e. The lowest BCUT2D eigenvalue weighted by Crippen LogP contribution is -2.31. The van der Waals surface area contributed by atoms with Gasteiger partial charge in [-0.15, -0.1) is 0 Å². The fraction of sp³-hybridized carbons (Fsp3) is 0.818. The fourth-order valence-electron chi connectivity index (χ4n) is 3.22. The highest BCUT2D eigenvalue weighted by Crippen LogP contribution is 2.46. The van der Waals surface area contributed by atoms with E-state index in [4.69, 9.17) is 5.11 Å². The third-order valence-corrected chi connectivity index (χ3v) is 3.77. The Morgan fingerprint density at radius 2 is 1.67 bits per heavy atom. The third-order valence-electron chi connectivity index (χ3n) is 3.77. The predicted molar refractivity (Wildman–Crippen MR) is 54.2 cm³/mol. The summed E-state index contributed by atoms with van der Waals surface area (Å²) in [6.45, 7) is 1.54. The Bertz CT molecular complexity index is 276. The number of hydrogen-bond acceptors (Lipinski definition) is 2. The van der Waals surface area contributed by atoms with Crippen molar-refractivity contribution in [3.8, 4) is 0 Å². The van der Waals surface area contributed by atoms with Gasteiger partial charge >= 0.3 is 5.97 Å². The molecule has 15 heavy (non-hydrogen) atoms. The second kappa shape index (κ2) is 3.83. The summed E-state index contributed by atoms with van der Waals surface area (Å²) < 4.78 is 0. The summed E-state index contributed by atoms with van der Waals surface area (Å²) in [7, 11) is 0. The molecule has 84 valence electrons. The summed E-state index contributed by atoms with van der Waals surface area (Å²) >= 11 is 0. The Labute approximate surface area is 89.0 Å². The lowest BCUT2D eigenvalue weighted by Gasteiger charge is -2.13. The van der Waals surface area contributed by atoms with Crippen molar-refractivity contribution in [1.82, 2.24) is 5.32 Å². The molecule has 4 heteroatoms. The van der Waals surface area contributed by atoms with E-state index in [0.29, 0.717) is 11.8 Å².